The molecule has 0 spiro atoms. The minimum Gasteiger partial charge on any atom is -0.376 e. The number of para-hydroxylation sites is 2. The van der Waals surface area contributed by atoms with Gasteiger partial charge in [0, 0.05) is 51.0 Å². The quantitative estimate of drug-likeness (QED) is 0.643. The summed E-state index contributed by atoms with van der Waals surface area (Å²) in [4.78, 5) is 19.8. The molecular formula is C18H23N5O2. The van der Waals surface area contributed by atoms with Gasteiger partial charge in [0.2, 0.25) is 0 Å². The lowest BCUT2D eigenvalue weighted by atomic mass is 10.2. The van der Waals surface area contributed by atoms with E-state index in [0.29, 0.717) is 5.69 Å². The number of nitrogens with one attached hydrogen (secondary N) is 1. The summed E-state index contributed by atoms with van der Waals surface area (Å²) in [6.07, 6.45) is 1.82. The Morgan fingerprint density at radius 2 is 1.88 bits per heavy atom. The Hall–Kier alpha value is -2.67. The van der Waals surface area contributed by atoms with E-state index in [0.717, 1.165) is 38.5 Å². The van der Waals surface area contributed by atoms with Crippen LogP contribution in [0.5, 0.6) is 0 Å². The maximum absolute atomic E-state index is 11.1. The van der Waals surface area contributed by atoms with Gasteiger partial charge < -0.3 is 10.2 Å². The van der Waals surface area contributed by atoms with Crippen molar-refractivity contribution in [3.8, 4) is 0 Å². The van der Waals surface area contributed by atoms with E-state index in [1.807, 2.05) is 30.5 Å². The second-order valence-corrected chi connectivity index (χ2v) is 6.30. The Morgan fingerprint density at radius 1 is 1.16 bits per heavy atom. The molecule has 1 unspecified atom stereocenters. The molecule has 0 radical (unpaired) electrons. The van der Waals surface area contributed by atoms with Gasteiger partial charge in [0.15, 0.2) is 0 Å². The summed E-state index contributed by atoms with van der Waals surface area (Å²) in [5, 5.41) is 14.4. The predicted octanol–water partition coefficient (Wildman–Crippen LogP) is 2.61. The number of benzene rings is 1. The van der Waals surface area contributed by atoms with Gasteiger partial charge in [-0.05, 0) is 25.1 Å². The van der Waals surface area contributed by atoms with E-state index < -0.39 is 0 Å². The molecule has 0 amide bonds. The number of nitrogens with zero attached hydrogens (tertiary/aromatic N) is 4. The van der Waals surface area contributed by atoms with Crippen LogP contribution in [0, 0.1) is 10.1 Å². The number of aromatic nitrogens is 1. The van der Waals surface area contributed by atoms with Crippen molar-refractivity contribution in [1.29, 1.82) is 0 Å². The molecule has 1 aromatic carbocycles. The van der Waals surface area contributed by atoms with E-state index in [1.165, 1.54) is 6.07 Å². The lowest BCUT2D eigenvalue weighted by molar-refractivity contribution is -0.384. The van der Waals surface area contributed by atoms with Crippen molar-refractivity contribution in [2.24, 2.45) is 0 Å². The maximum atomic E-state index is 11.1. The Kier molecular flexibility index (Phi) is 5.45. The molecule has 2 heterocycles. The summed E-state index contributed by atoms with van der Waals surface area (Å²) in [6, 6.07) is 12.9. The molecule has 7 nitrogen and oxygen atoms in total. The van der Waals surface area contributed by atoms with Crippen LogP contribution < -0.4 is 10.2 Å². The highest BCUT2D eigenvalue weighted by Gasteiger charge is 2.20. The van der Waals surface area contributed by atoms with E-state index in [2.05, 4.69) is 27.0 Å². The summed E-state index contributed by atoms with van der Waals surface area (Å²) in [5.41, 5.74) is 0.696. The number of pyridine rings is 1. The monoisotopic (exact) mass is 341 g/mol. The summed E-state index contributed by atoms with van der Waals surface area (Å²) >= 11 is 0. The molecule has 0 aliphatic carbocycles. The fourth-order valence-corrected chi connectivity index (χ4v) is 3.15. The molecule has 132 valence electrons. The first kappa shape index (κ1) is 17.2. The van der Waals surface area contributed by atoms with Crippen molar-refractivity contribution in [2.75, 3.05) is 42.9 Å². The van der Waals surface area contributed by atoms with Crippen molar-refractivity contribution < 1.29 is 4.92 Å². The van der Waals surface area contributed by atoms with Gasteiger partial charge in [-0.1, -0.05) is 18.2 Å². The van der Waals surface area contributed by atoms with E-state index in [4.69, 9.17) is 0 Å². The zero-order valence-electron chi connectivity index (χ0n) is 14.3. The first-order valence-electron chi connectivity index (χ1n) is 8.52. The van der Waals surface area contributed by atoms with Crippen LogP contribution in [0.15, 0.2) is 48.7 Å². The smallest absolute Gasteiger partial charge is 0.292 e. The fourth-order valence-electron chi connectivity index (χ4n) is 3.15. The molecular weight excluding hydrogens is 318 g/mol. The van der Waals surface area contributed by atoms with Gasteiger partial charge in [-0.2, -0.15) is 0 Å². The van der Waals surface area contributed by atoms with Crippen LogP contribution in [0.3, 0.4) is 0 Å². The lowest BCUT2D eigenvalue weighted by Gasteiger charge is -2.36. The second kappa shape index (κ2) is 7.94. The average Bonchev–Trinajstić information content (AvgIpc) is 2.63. The van der Waals surface area contributed by atoms with Crippen LogP contribution in [0.1, 0.15) is 6.92 Å². The maximum Gasteiger partial charge on any atom is 0.292 e. The molecule has 1 N–H and O–H groups in total. The molecule has 1 atom stereocenters. The van der Waals surface area contributed by atoms with Gasteiger partial charge in [-0.3, -0.25) is 15.0 Å². The fraction of sp³-hybridized carbons (Fsp3) is 0.389. The van der Waals surface area contributed by atoms with E-state index in [9.17, 15) is 10.1 Å². The van der Waals surface area contributed by atoms with Crippen molar-refractivity contribution in [2.45, 2.75) is 13.0 Å². The molecule has 25 heavy (non-hydrogen) atoms. The first-order valence-corrected chi connectivity index (χ1v) is 8.52. The zero-order chi connectivity index (χ0) is 17.6. The van der Waals surface area contributed by atoms with Crippen LogP contribution in [0.25, 0.3) is 0 Å². The Balaban J connectivity index is 1.51. The summed E-state index contributed by atoms with van der Waals surface area (Å²) in [7, 11) is 0. The molecule has 1 aliphatic heterocycles. The molecule has 0 saturated carbocycles. The molecule has 1 saturated heterocycles. The van der Waals surface area contributed by atoms with E-state index >= 15 is 0 Å². The Labute approximate surface area is 147 Å². The third-order valence-corrected chi connectivity index (χ3v) is 4.38. The van der Waals surface area contributed by atoms with Crippen LogP contribution in [-0.2, 0) is 0 Å². The van der Waals surface area contributed by atoms with Gasteiger partial charge in [-0.25, -0.2) is 4.98 Å². The molecule has 0 bridgehead atoms. The number of piperazine rings is 1. The van der Waals surface area contributed by atoms with E-state index in [-0.39, 0.29) is 16.7 Å². The van der Waals surface area contributed by atoms with Crippen LogP contribution in [0.4, 0.5) is 17.2 Å². The zero-order valence-corrected chi connectivity index (χ0v) is 14.3. The van der Waals surface area contributed by atoms with E-state index in [1.54, 1.807) is 12.1 Å². The van der Waals surface area contributed by atoms with Crippen molar-refractivity contribution in [3.63, 3.8) is 0 Å². The van der Waals surface area contributed by atoms with Crippen LogP contribution >= 0.6 is 0 Å². The lowest BCUT2D eigenvalue weighted by Crippen LogP contribution is -2.49. The molecule has 1 fully saturated rings. The number of hydrogen-bond acceptors (Lipinski definition) is 6. The van der Waals surface area contributed by atoms with Crippen molar-refractivity contribution in [3.05, 3.63) is 58.8 Å². The normalized spacial score (nSPS) is 16.4. The third kappa shape index (κ3) is 4.45. The number of rotatable bonds is 6. The molecule has 3 rings (SSSR count). The van der Waals surface area contributed by atoms with Crippen molar-refractivity contribution >= 4 is 17.2 Å². The number of nitro groups is 1. The van der Waals surface area contributed by atoms with Crippen molar-refractivity contribution in [1.82, 2.24) is 9.88 Å². The number of nitro benzene ring substituents is 1. The first-order chi connectivity index (χ1) is 12.1. The van der Waals surface area contributed by atoms with Crippen LogP contribution in [0.2, 0.25) is 0 Å². The van der Waals surface area contributed by atoms with Crippen LogP contribution in [-0.4, -0.2) is 53.6 Å². The SMILES string of the molecule is CC(CN1CCN(c2ccccn2)CC1)Nc1ccccc1[N+](=O)[O-]. The molecule has 2 aromatic rings. The Bertz CT molecular complexity index is 702. The number of anilines is 2. The summed E-state index contributed by atoms with van der Waals surface area (Å²) < 4.78 is 0. The molecule has 7 heteroatoms. The minimum atomic E-state index is -0.347. The number of hydrogen-bond donors (Lipinski definition) is 1. The minimum absolute atomic E-state index is 0.120. The largest absolute Gasteiger partial charge is 0.376 e. The standard InChI is InChI=1S/C18H23N5O2/c1-15(20-16-6-2-3-7-17(16)23(24)25)14-21-10-12-22(13-11-21)18-8-4-5-9-19-18/h2-9,15,20H,10-14H2,1H3. The second-order valence-electron chi connectivity index (χ2n) is 6.30. The average molecular weight is 341 g/mol. The molecule has 1 aromatic heterocycles. The highest BCUT2D eigenvalue weighted by Crippen LogP contribution is 2.24. The summed E-state index contributed by atoms with van der Waals surface area (Å²) in [6.45, 7) is 6.70. The van der Waals surface area contributed by atoms with Gasteiger partial charge >= 0.3 is 0 Å². The predicted molar refractivity (Wildman–Crippen MR) is 99.1 cm³/mol. The van der Waals surface area contributed by atoms with Gasteiger partial charge in [-0.15, -0.1) is 0 Å². The topological polar surface area (TPSA) is 74.5 Å². The van der Waals surface area contributed by atoms with Gasteiger partial charge in [0.25, 0.3) is 5.69 Å². The third-order valence-electron chi connectivity index (χ3n) is 4.38. The Morgan fingerprint density at radius 3 is 2.56 bits per heavy atom. The molecule has 1 aliphatic rings. The highest BCUT2D eigenvalue weighted by atomic mass is 16.6. The van der Waals surface area contributed by atoms with Gasteiger partial charge in [0.1, 0.15) is 11.5 Å². The summed E-state index contributed by atoms with van der Waals surface area (Å²) in [5.74, 6) is 1.02. The highest BCUT2D eigenvalue weighted by molar-refractivity contribution is 5.61. The van der Waals surface area contributed by atoms with Gasteiger partial charge in [0.05, 0.1) is 4.92 Å².